The van der Waals surface area contributed by atoms with Gasteiger partial charge in [0.05, 0.1) is 23.5 Å². The molecule has 1 aromatic carbocycles. The third-order valence-electron chi connectivity index (χ3n) is 6.07. The Hall–Kier alpha value is -3.11. The largest absolute Gasteiger partial charge is 0.472 e. The second-order valence-electron chi connectivity index (χ2n) is 7.99. The van der Waals surface area contributed by atoms with E-state index in [1.165, 1.54) is 18.1 Å². The van der Waals surface area contributed by atoms with Crippen molar-refractivity contribution in [1.82, 2.24) is 14.7 Å². The summed E-state index contributed by atoms with van der Waals surface area (Å²) in [6, 6.07) is 11.5. The molecule has 2 aliphatic rings. The number of carbonyl (C=O) groups is 2. The van der Waals surface area contributed by atoms with Crippen molar-refractivity contribution in [2.24, 2.45) is 5.92 Å². The molecule has 1 aromatic heterocycles. The predicted octanol–water partition coefficient (Wildman–Crippen LogP) is 2.35. The number of rotatable bonds is 4. The van der Waals surface area contributed by atoms with E-state index >= 15 is 0 Å². The van der Waals surface area contributed by atoms with Crippen molar-refractivity contribution in [1.29, 1.82) is 5.26 Å². The molecule has 0 bridgehead atoms. The van der Waals surface area contributed by atoms with Gasteiger partial charge in [0.25, 0.3) is 5.91 Å². The Labute approximate surface area is 176 Å². The van der Waals surface area contributed by atoms with Crippen LogP contribution >= 0.6 is 0 Å². The molecule has 0 N–H and O–H groups in total. The summed E-state index contributed by atoms with van der Waals surface area (Å²) in [6.07, 6.45) is 4.41. The van der Waals surface area contributed by atoms with Gasteiger partial charge in [0.2, 0.25) is 5.91 Å². The van der Waals surface area contributed by atoms with Gasteiger partial charge >= 0.3 is 0 Å². The maximum absolute atomic E-state index is 13.0. The standard InChI is InChI=1S/C23H26N4O3/c24-15-18-1-3-19(4-2-18)16-25-10-12-27(13-11-25)22(28)20-5-8-26(9-6-20)23(29)21-7-14-30-17-21/h1-4,7,14,17,20H,5-6,8-13,16H2. The topological polar surface area (TPSA) is 80.8 Å². The Bertz CT molecular complexity index is 901. The normalized spacial score (nSPS) is 18.2. The van der Waals surface area contributed by atoms with Crippen LogP contribution in [0.5, 0.6) is 0 Å². The molecule has 0 spiro atoms. The van der Waals surface area contributed by atoms with Gasteiger partial charge in [0.15, 0.2) is 0 Å². The molecular formula is C23H26N4O3. The number of furan rings is 1. The fourth-order valence-corrected chi connectivity index (χ4v) is 4.23. The number of benzene rings is 1. The minimum absolute atomic E-state index is 0.00322. The Morgan fingerprint density at radius 2 is 1.67 bits per heavy atom. The van der Waals surface area contributed by atoms with E-state index < -0.39 is 0 Å². The number of hydrogen-bond donors (Lipinski definition) is 0. The predicted molar refractivity (Wildman–Crippen MR) is 110 cm³/mol. The molecular weight excluding hydrogens is 380 g/mol. The fourth-order valence-electron chi connectivity index (χ4n) is 4.23. The summed E-state index contributed by atoms with van der Waals surface area (Å²) in [5.74, 6) is 0.206. The Morgan fingerprint density at radius 1 is 0.967 bits per heavy atom. The minimum Gasteiger partial charge on any atom is -0.472 e. The van der Waals surface area contributed by atoms with Gasteiger partial charge in [-0.1, -0.05) is 12.1 Å². The number of piperazine rings is 1. The number of nitrogens with zero attached hydrogens (tertiary/aromatic N) is 4. The zero-order chi connectivity index (χ0) is 20.9. The zero-order valence-electron chi connectivity index (χ0n) is 17.0. The van der Waals surface area contributed by atoms with E-state index in [4.69, 9.17) is 9.68 Å². The summed E-state index contributed by atoms with van der Waals surface area (Å²) >= 11 is 0. The lowest BCUT2D eigenvalue weighted by Crippen LogP contribution is -2.51. The van der Waals surface area contributed by atoms with Crippen LogP contribution in [-0.4, -0.2) is 65.8 Å². The summed E-state index contributed by atoms with van der Waals surface area (Å²) in [4.78, 5) is 31.5. The molecule has 0 aliphatic carbocycles. The van der Waals surface area contributed by atoms with E-state index in [1.54, 1.807) is 6.07 Å². The van der Waals surface area contributed by atoms with Crippen LogP contribution < -0.4 is 0 Å². The van der Waals surface area contributed by atoms with Gasteiger partial charge in [0, 0.05) is 51.7 Å². The molecule has 0 radical (unpaired) electrons. The van der Waals surface area contributed by atoms with Crippen molar-refractivity contribution in [2.75, 3.05) is 39.3 Å². The third-order valence-corrected chi connectivity index (χ3v) is 6.07. The average molecular weight is 406 g/mol. The summed E-state index contributed by atoms with van der Waals surface area (Å²) in [7, 11) is 0. The van der Waals surface area contributed by atoms with E-state index in [2.05, 4.69) is 11.0 Å². The number of amides is 2. The van der Waals surface area contributed by atoms with Crippen molar-refractivity contribution in [3.05, 3.63) is 59.5 Å². The molecule has 0 atom stereocenters. The maximum Gasteiger partial charge on any atom is 0.257 e. The summed E-state index contributed by atoms with van der Waals surface area (Å²) in [6.45, 7) is 5.24. The molecule has 7 heteroatoms. The Kier molecular flexibility index (Phi) is 6.15. The monoisotopic (exact) mass is 406 g/mol. The van der Waals surface area contributed by atoms with Crippen molar-refractivity contribution >= 4 is 11.8 Å². The van der Waals surface area contributed by atoms with Gasteiger partial charge in [-0.15, -0.1) is 0 Å². The Morgan fingerprint density at radius 3 is 2.27 bits per heavy atom. The highest BCUT2D eigenvalue weighted by Crippen LogP contribution is 2.22. The lowest BCUT2D eigenvalue weighted by Gasteiger charge is -2.38. The van der Waals surface area contributed by atoms with Crippen molar-refractivity contribution < 1.29 is 14.0 Å². The molecule has 0 saturated carbocycles. The van der Waals surface area contributed by atoms with Crippen LogP contribution in [0.15, 0.2) is 47.3 Å². The molecule has 0 unspecified atom stereocenters. The lowest BCUT2D eigenvalue weighted by molar-refractivity contribution is -0.138. The molecule has 3 heterocycles. The van der Waals surface area contributed by atoms with E-state index in [-0.39, 0.29) is 17.7 Å². The lowest BCUT2D eigenvalue weighted by atomic mass is 9.94. The first-order valence-corrected chi connectivity index (χ1v) is 10.5. The van der Waals surface area contributed by atoms with Crippen molar-refractivity contribution in [2.45, 2.75) is 19.4 Å². The molecule has 7 nitrogen and oxygen atoms in total. The smallest absolute Gasteiger partial charge is 0.257 e. The van der Waals surface area contributed by atoms with Gasteiger partial charge in [-0.05, 0) is 36.6 Å². The van der Waals surface area contributed by atoms with Gasteiger partial charge in [-0.25, -0.2) is 0 Å². The SMILES string of the molecule is N#Cc1ccc(CN2CCN(C(=O)C3CCN(C(=O)c4ccoc4)CC3)CC2)cc1. The van der Waals surface area contributed by atoms with E-state index in [0.29, 0.717) is 37.1 Å². The number of hydrogen-bond acceptors (Lipinski definition) is 5. The van der Waals surface area contributed by atoms with Gasteiger partial charge < -0.3 is 14.2 Å². The molecule has 2 amide bonds. The number of nitriles is 1. The zero-order valence-corrected chi connectivity index (χ0v) is 17.0. The molecule has 4 rings (SSSR count). The van der Waals surface area contributed by atoms with Gasteiger partial charge in [-0.2, -0.15) is 5.26 Å². The third kappa shape index (κ3) is 4.55. The van der Waals surface area contributed by atoms with Crippen LogP contribution in [0.2, 0.25) is 0 Å². The number of piperidine rings is 1. The highest BCUT2D eigenvalue weighted by atomic mass is 16.3. The Balaban J connectivity index is 1.23. The van der Waals surface area contributed by atoms with E-state index in [0.717, 1.165) is 32.7 Å². The second-order valence-corrected chi connectivity index (χ2v) is 7.99. The van der Waals surface area contributed by atoms with Crippen molar-refractivity contribution in [3.63, 3.8) is 0 Å². The van der Waals surface area contributed by atoms with Crippen LogP contribution in [0, 0.1) is 17.2 Å². The first-order chi connectivity index (χ1) is 14.6. The average Bonchev–Trinajstić information content (AvgIpc) is 3.34. The van der Waals surface area contributed by atoms with Crippen LogP contribution in [0.1, 0.15) is 34.3 Å². The fraction of sp³-hybridized carbons (Fsp3) is 0.435. The van der Waals surface area contributed by atoms with Crippen LogP contribution in [0.25, 0.3) is 0 Å². The number of carbonyl (C=O) groups excluding carboxylic acids is 2. The van der Waals surface area contributed by atoms with Crippen LogP contribution in [0.3, 0.4) is 0 Å². The highest BCUT2D eigenvalue weighted by Gasteiger charge is 2.32. The molecule has 30 heavy (non-hydrogen) atoms. The van der Waals surface area contributed by atoms with Gasteiger partial charge in [0.1, 0.15) is 6.26 Å². The summed E-state index contributed by atoms with van der Waals surface area (Å²) in [5.41, 5.74) is 2.42. The quantitative estimate of drug-likeness (QED) is 0.779. The molecule has 2 saturated heterocycles. The first kappa shape index (κ1) is 20.2. The summed E-state index contributed by atoms with van der Waals surface area (Å²) < 4.78 is 5.00. The number of likely N-dealkylation sites (tertiary alicyclic amines) is 1. The summed E-state index contributed by atoms with van der Waals surface area (Å²) in [5, 5.41) is 8.90. The second kappa shape index (κ2) is 9.14. The van der Waals surface area contributed by atoms with E-state index in [9.17, 15) is 9.59 Å². The van der Waals surface area contributed by atoms with Crippen LogP contribution in [0.4, 0.5) is 0 Å². The van der Waals surface area contributed by atoms with Crippen LogP contribution in [-0.2, 0) is 11.3 Å². The minimum atomic E-state index is -0.0222. The first-order valence-electron chi connectivity index (χ1n) is 10.5. The highest BCUT2D eigenvalue weighted by molar-refractivity contribution is 5.94. The van der Waals surface area contributed by atoms with Gasteiger partial charge in [-0.3, -0.25) is 14.5 Å². The molecule has 156 valence electrons. The molecule has 2 aromatic rings. The maximum atomic E-state index is 13.0. The molecule has 2 aliphatic heterocycles. The molecule has 2 fully saturated rings. The van der Waals surface area contributed by atoms with E-state index in [1.807, 2.05) is 34.1 Å². The van der Waals surface area contributed by atoms with Crippen molar-refractivity contribution in [3.8, 4) is 6.07 Å².